The van der Waals surface area contributed by atoms with Gasteiger partial charge >= 0.3 is 11.9 Å². The third-order valence-electron chi connectivity index (χ3n) is 5.75. The van der Waals surface area contributed by atoms with Crippen LogP contribution in [-0.4, -0.2) is 39.5 Å². The van der Waals surface area contributed by atoms with Gasteiger partial charge in [-0.05, 0) is 55.5 Å². The number of carboxylic acids is 1. The van der Waals surface area contributed by atoms with Gasteiger partial charge < -0.3 is 20.3 Å². The van der Waals surface area contributed by atoms with Crippen molar-refractivity contribution in [1.29, 1.82) is 0 Å². The number of nitrogens with one attached hydrogen (secondary N) is 4. The summed E-state index contributed by atoms with van der Waals surface area (Å²) in [5, 5.41) is 17.0. The van der Waals surface area contributed by atoms with E-state index in [4.69, 9.17) is 5.11 Å². The van der Waals surface area contributed by atoms with Gasteiger partial charge in [0, 0.05) is 18.3 Å². The average Bonchev–Trinajstić information content (AvgIpc) is 3.15. The van der Waals surface area contributed by atoms with E-state index < -0.39 is 5.97 Å². The smallest absolute Gasteiger partial charge is 0.351 e. The molecule has 1 saturated carbocycles. The Morgan fingerprint density at radius 2 is 2.17 bits per heavy atom. The second-order valence-electron chi connectivity index (χ2n) is 7.81. The monoisotopic (exact) mass is 407 g/mol. The van der Waals surface area contributed by atoms with Gasteiger partial charge in [-0.3, -0.25) is 14.9 Å². The van der Waals surface area contributed by atoms with Crippen LogP contribution in [0.5, 0.6) is 0 Å². The van der Waals surface area contributed by atoms with Crippen molar-refractivity contribution in [2.75, 3.05) is 22.1 Å². The molecule has 0 radical (unpaired) electrons. The molecular formula is C21H23N6O3+. The van der Waals surface area contributed by atoms with E-state index in [2.05, 4.69) is 25.6 Å². The molecule has 1 aliphatic carbocycles. The Morgan fingerprint density at radius 3 is 2.93 bits per heavy atom. The Morgan fingerprint density at radius 1 is 1.30 bits per heavy atom. The molecule has 0 bridgehead atoms. The molecule has 1 aromatic carbocycles. The van der Waals surface area contributed by atoms with E-state index in [1.165, 1.54) is 24.2 Å². The molecule has 0 saturated heterocycles. The topological polar surface area (TPSA) is 124 Å². The van der Waals surface area contributed by atoms with Crippen molar-refractivity contribution < 1.29 is 19.7 Å². The second-order valence-corrected chi connectivity index (χ2v) is 7.81. The van der Waals surface area contributed by atoms with Gasteiger partial charge in [-0.2, -0.15) is 0 Å². The van der Waals surface area contributed by atoms with Crippen LogP contribution in [0.2, 0.25) is 0 Å². The van der Waals surface area contributed by atoms with Gasteiger partial charge in [0.2, 0.25) is 17.4 Å². The number of hydrogen-bond donors (Lipinski definition) is 4. The minimum atomic E-state index is -1.03. The fourth-order valence-electron chi connectivity index (χ4n) is 3.99. The maximum atomic E-state index is 12.1. The molecule has 5 rings (SSSR count). The summed E-state index contributed by atoms with van der Waals surface area (Å²) in [5.74, 6) is 0.345. The predicted octanol–water partition coefficient (Wildman–Crippen LogP) is 2.45. The summed E-state index contributed by atoms with van der Waals surface area (Å²) in [4.78, 5) is 35.7. The first-order chi connectivity index (χ1) is 14.6. The summed E-state index contributed by atoms with van der Waals surface area (Å²) < 4.78 is 0. The summed E-state index contributed by atoms with van der Waals surface area (Å²) in [5.41, 5.74) is 3.20. The molecule has 1 fully saturated rings. The van der Waals surface area contributed by atoms with Crippen LogP contribution in [0, 0.1) is 0 Å². The molecule has 5 N–H and O–H groups in total. The molecule has 1 aliphatic heterocycles. The van der Waals surface area contributed by atoms with Gasteiger partial charge in [0.25, 0.3) is 0 Å². The first-order valence-corrected chi connectivity index (χ1v) is 10.2. The SMILES string of the molecule is O=C(O)CN1C(=O)CCc2cc(Nc3nc4[nH]ccc4c(NC4CCC4)[nH+]3)ccc21. The normalized spacial score (nSPS) is 16.3. The van der Waals surface area contributed by atoms with Crippen LogP contribution < -0.4 is 20.5 Å². The van der Waals surface area contributed by atoms with E-state index in [9.17, 15) is 9.59 Å². The zero-order valence-electron chi connectivity index (χ0n) is 16.4. The number of H-pyrrole nitrogens is 2. The highest BCUT2D eigenvalue weighted by atomic mass is 16.4. The first kappa shape index (κ1) is 18.4. The number of fused-ring (bicyclic) bond motifs is 2. The quantitative estimate of drug-likeness (QED) is 0.497. The van der Waals surface area contributed by atoms with E-state index in [1.54, 1.807) is 6.07 Å². The van der Waals surface area contributed by atoms with Crippen molar-refractivity contribution in [3.05, 3.63) is 36.0 Å². The van der Waals surface area contributed by atoms with Crippen molar-refractivity contribution in [3.63, 3.8) is 0 Å². The van der Waals surface area contributed by atoms with E-state index >= 15 is 0 Å². The Hall–Kier alpha value is -3.62. The number of anilines is 4. The highest BCUT2D eigenvalue weighted by molar-refractivity contribution is 6.00. The number of aryl methyl sites for hydroxylation is 1. The highest BCUT2D eigenvalue weighted by Crippen LogP contribution is 2.31. The van der Waals surface area contributed by atoms with E-state index in [0.717, 1.165) is 28.1 Å². The Bertz CT molecular complexity index is 1140. The molecule has 0 spiro atoms. The molecule has 0 atom stereocenters. The molecule has 2 aromatic heterocycles. The minimum absolute atomic E-state index is 0.162. The number of rotatable bonds is 6. The fourth-order valence-corrected chi connectivity index (χ4v) is 3.99. The molecule has 3 aromatic rings. The molecule has 3 heterocycles. The van der Waals surface area contributed by atoms with E-state index in [0.29, 0.717) is 30.5 Å². The number of aromatic amines is 2. The Labute approximate surface area is 172 Å². The number of carbonyl (C=O) groups is 2. The highest BCUT2D eigenvalue weighted by Gasteiger charge is 2.27. The van der Waals surface area contributed by atoms with E-state index in [1.807, 2.05) is 24.4 Å². The minimum Gasteiger partial charge on any atom is -0.480 e. The standard InChI is InChI=1S/C21H22N6O3/c28-17-7-4-12-10-14(5-6-16(12)27(17)11-18(29)30)24-21-25-19-15(8-9-22-19)20(26-21)23-13-2-1-3-13/h5-6,8-10,13H,1-4,7,11H2,(H,29,30)(H3,22,23,24,25,26)/p+1. The van der Waals surface area contributed by atoms with Crippen molar-refractivity contribution in [2.24, 2.45) is 0 Å². The van der Waals surface area contributed by atoms with Crippen molar-refractivity contribution >= 4 is 46.1 Å². The lowest BCUT2D eigenvalue weighted by atomic mass is 9.93. The maximum Gasteiger partial charge on any atom is 0.351 e. The van der Waals surface area contributed by atoms with Crippen LogP contribution in [0.4, 0.5) is 23.1 Å². The fraction of sp³-hybridized carbons (Fsp3) is 0.333. The van der Waals surface area contributed by atoms with Gasteiger partial charge in [0.05, 0.1) is 17.1 Å². The van der Waals surface area contributed by atoms with Crippen LogP contribution in [0.1, 0.15) is 31.2 Å². The van der Waals surface area contributed by atoms with Gasteiger partial charge in [-0.15, -0.1) is 0 Å². The number of hydrogen-bond acceptors (Lipinski definition) is 5. The average molecular weight is 407 g/mol. The van der Waals surface area contributed by atoms with Gasteiger partial charge in [0.1, 0.15) is 6.54 Å². The number of carbonyl (C=O) groups excluding carboxylic acids is 1. The van der Waals surface area contributed by atoms with Crippen LogP contribution in [0.25, 0.3) is 11.0 Å². The lowest BCUT2D eigenvalue weighted by molar-refractivity contribution is -0.346. The van der Waals surface area contributed by atoms with Gasteiger partial charge in [0.15, 0.2) is 0 Å². The van der Waals surface area contributed by atoms with Crippen molar-refractivity contribution in [1.82, 2.24) is 9.97 Å². The Balaban J connectivity index is 1.43. The van der Waals surface area contributed by atoms with Crippen molar-refractivity contribution in [3.8, 4) is 0 Å². The lowest BCUT2D eigenvalue weighted by Crippen LogP contribution is -2.38. The molecule has 0 unspecified atom stereocenters. The number of aromatic nitrogens is 3. The first-order valence-electron chi connectivity index (χ1n) is 10.2. The number of nitrogens with zero attached hydrogens (tertiary/aromatic N) is 2. The van der Waals surface area contributed by atoms with Crippen LogP contribution in [-0.2, 0) is 16.0 Å². The number of amides is 1. The van der Waals surface area contributed by atoms with Crippen LogP contribution in [0.3, 0.4) is 0 Å². The molecule has 30 heavy (non-hydrogen) atoms. The largest absolute Gasteiger partial charge is 0.480 e. The summed E-state index contributed by atoms with van der Waals surface area (Å²) in [6.45, 7) is -0.326. The summed E-state index contributed by atoms with van der Waals surface area (Å²) >= 11 is 0. The maximum absolute atomic E-state index is 12.1. The molecule has 2 aliphatic rings. The van der Waals surface area contributed by atoms with Crippen molar-refractivity contribution in [2.45, 2.75) is 38.1 Å². The number of carboxylic acid groups (broad SMARTS) is 1. The summed E-state index contributed by atoms with van der Waals surface area (Å²) in [6, 6.07) is 8.05. The van der Waals surface area contributed by atoms with E-state index in [-0.39, 0.29) is 12.5 Å². The zero-order valence-corrected chi connectivity index (χ0v) is 16.4. The molecular weight excluding hydrogens is 384 g/mol. The number of benzene rings is 1. The number of aliphatic carboxylic acids is 1. The third kappa shape index (κ3) is 3.42. The zero-order chi connectivity index (χ0) is 20.7. The van der Waals surface area contributed by atoms with Crippen LogP contribution in [0.15, 0.2) is 30.5 Å². The molecule has 154 valence electrons. The molecule has 9 nitrogen and oxygen atoms in total. The lowest BCUT2D eigenvalue weighted by Gasteiger charge is -2.28. The second kappa shape index (κ2) is 7.33. The van der Waals surface area contributed by atoms with Crippen LogP contribution >= 0.6 is 0 Å². The Kier molecular flexibility index (Phi) is 4.50. The van der Waals surface area contributed by atoms with Gasteiger partial charge in [-0.25, -0.2) is 4.98 Å². The third-order valence-corrected chi connectivity index (χ3v) is 5.75. The summed E-state index contributed by atoms with van der Waals surface area (Å²) in [6.07, 6.45) is 6.34. The molecule has 9 heteroatoms. The molecule has 1 amide bonds. The summed E-state index contributed by atoms with van der Waals surface area (Å²) in [7, 11) is 0. The van der Waals surface area contributed by atoms with Gasteiger partial charge in [-0.1, -0.05) is 4.98 Å². The predicted molar refractivity (Wildman–Crippen MR) is 112 cm³/mol.